The number of pyridine rings is 1. The first-order valence-electron chi connectivity index (χ1n) is 7.52. The summed E-state index contributed by atoms with van der Waals surface area (Å²) in [7, 11) is 1.62. The fourth-order valence-electron chi connectivity index (χ4n) is 2.71. The topological polar surface area (TPSA) is 60.6 Å². The van der Waals surface area contributed by atoms with Gasteiger partial charge in [0, 0.05) is 11.8 Å². The quantitative estimate of drug-likeness (QED) is 0.803. The van der Waals surface area contributed by atoms with Crippen LogP contribution in [-0.2, 0) is 0 Å². The monoisotopic (exact) mass is 321 g/mol. The van der Waals surface area contributed by atoms with E-state index in [1.54, 1.807) is 13.2 Å². The van der Waals surface area contributed by atoms with Gasteiger partial charge < -0.3 is 19.2 Å². The lowest BCUT2D eigenvalue weighted by molar-refractivity contribution is 0.174. The molecule has 1 aliphatic rings. The Morgan fingerprint density at radius 2 is 1.62 bits per heavy atom. The van der Waals surface area contributed by atoms with E-state index in [1.165, 1.54) is 0 Å². The van der Waals surface area contributed by atoms with Crippen molar-refractivity contribution in [2.75, 3.05) is 13.9 Å². The summed E-state index contributed by atoms with van der Waals surface area (Å²) in [5, 5.41) is 0. The van der Waals surface area contributed by atoms with Gasteiger partial charge in [0.2, 0.25) is 12.4 Å². The van der Waals surface area contributed by atoms with Gasteiger partial charge in [-0.05, 0) is 59.2 Å². The number of hydrogen-bond acceptors (Lipinski definition) is 4. The molecule has 5 nitrogen and oxygen atoms in total. The second-order valence-corrected chi connectivity index (χ2v) is 5.44. The summed E-state index contributed by atoms with van der Waals surface area (Å²) >= 11 is 0. The number of fused-ring (bicyclic) bond motifs is 1. The van der Waals surface area contributed by atoms with Gasteiger partial charge >= 0.3 is 0 Å². The molecule has 0 saturated carbocycles. The third-order valence-electron chi connectivity index (χ3n) is 3.95. The summed E-state index contributed by atoms with van der Waals surface area (Å²) in [5.41, 5.74) is 3.23. The Hall–Kier alpha value is -3.21. The summed E-state index contributed by atoms with van der Waals surface area (Å²) in [4.78, 5) is 14.9. The zero-order valence-electron chi connectivity index (χ0n) is 13.0. The Balaban J connectivity index is 1.77. The molecule has 1 aliphatic heterocycles. The number of methoxy groups -OCH3 is 1. The summed E-state index contributed by atoms with van der Waals surface area (Å²) in [6.07, 6.45) is 0. The highest BCUT2D eigenvalue weighted by atomic mass is 16.7. The van der Waals surface area contributed by atoms with E-state index in [9.17, 15) is 4.79 Å². The molecule has 0 atom stereocenters. The Kier molecular flexibility index (Phi) is 3.46. The molecule has 0 unspecified atom stereocenters. The Morgan fingerprint density at radius 3 is 2.42 bits per heavy atom. The smallest absolute Gasteiger partial charge is 0.249 e. The molecule has 1 aromatic heterocycles. The highest BCUT2D eigenvalue weighted by Gasteiger charge is 2.14. The van der Waals surface area contributed by atoms with Crippen molar-refractivity contribution in [3.05, 3.63) is 65.0 Å². The minimum Gasteiger partial charge on any atom is -0.497 e. The Labute approximate surface area is 138 Å². The van der Waals surface area contributed by atoms with E-state index in [4.69, 9.17) is 14.2 Å². The van der Waals surface area contributed by atoms with E-state index in [1.807, 2.05) is 48.5 Å². The van der Waals surface area contributed by atoms with Crippen molar-refractivity contribution in [2.24, 2.45) is 0 Å². The van der Waals surface area contributed by atoms with Crippen molar-refractivity contribution < 1.29 is 14.2 Å². The standard InChI is InChI=1S/C19H15NO4/c1-22-15-5-2-12(3-6-15)16-8-14(10-19(21)20-16)13-4-7-17-18(9-13)24-11-23-17/h2-10H,11H2,1H3,(H,20,21). The van der Waals surface area contributed by atoms with Gasteiger partial charge in [-0.2, -0.15) is 0 Å². The minimum atomic E-state index is -0.156. The summed E-state index contributed by atoms with van der Waals surface area (Å²) in [5.74, 6) is 2.19. The molecular weight excluding hydrogens is 306 g/mol. The van der Waals surface area contributed by atoms with Crippen LogP contribution in [0.1, 0.15) is 0 Å². The summed E-state index contributed by atoms with van der Waals surface area (Å²) in [6.45, 7) is 0.227. The van der Waals surface area contributed by atoms with Crippen LogP contribution in [0.3, 0.4) is 0 Å². The molecule has 4 rings (SSSR count). The van der Waals surface area contributed by atoms with Crippen LogP contribution in [0.25, 0.3) is 22.4 Å². The van der Waals surface area contributed by atoms with Crippen molar-refractivity contribution in [1.82, 2.24) is 4.98 Å². The van der Waals surface area contributed by atoms with Crippen LogP contribution in [0.4, 0.5) is 0 Å². The molecule has 0 radical (unpaired) electrons. The second-order valence-electron chi connectivity index (χ2n) is 5.44. The van der Waals surface area contributed by atoms with Crippen LogP contribution in [-0.4, -0.2) is 18.9 Å². The minimum absolute atomic E-state index is 0.156. The number of H-pyrrole nitrogens is 1. The Morgan fingerprint density at radius 1 is 0.875 bits per heavy atom. The van der Waals surface area contributed by atoms with Crippen LogP contribution in [0.2, 0.25) is 0 Å². The molecular formula is C19H15NO4. The molecule has 2 aromatic carbocycles. The first-order valence-corrected chi connectivity index (χ1v) is 7.52. The average Bonchev–Trinajstić information content (AvgIpc) is 3.09. The molecule has 5 heteroatoms. The van der Waals surface area contributed by atoms with Gasteiger partial charge in [0.1, 0.15) is 5.75 Å². The average molecular weight is 321 g/mol. The number of aromatic amines is 1. The highest BCUT2D eigenvalue weighted by molar-refractivity contribution is 5.72. The maximum Gasteiger partial charge on any atom is 0.249 e. The van der Waals surface area contributed by atoms with Gasteiger partial charge in [0.25, 0.3) is 0 Å². The third-order valence-corrected chi connectivity index (χ3v) is 3.95. The summed E-state index contributed by atoms with van der Waals surface area (Å²) in [6, 6.07) is 16.7. The van der Waals surface area contributed by atoms with Crippen LogP contribution in [0.15, 0.2) is 59.4 Å². The van der Waals surface area contributed by atoms with Crippen molar-refractivity contribution in [2.45, 2.75) is 0 Å². The lowest BCUT2D eigenvalue weighted by Gasteiger charge is -2.07. The third kappa shape index (κ3) is 2.60. The number of nitrogens with one attached hydrogen (secondary N) is 1. The largest absolute Gasteiger partial charge is 0.497 e. The molecule has 2 heterocycles. The number of aromatic nitrogens is 1. The van der Waals surface area contributed by atoms with Crippen LogP contribution < -0.4 is 19.8 Å². The molecule has 24 heavy (non-hydrogen) atoms. The van der Waals surface area contributed by atoms with Crippen molar-refractivity contribution in [3.63, 3.8) is 0 Å². The van der Waals surface area contributed by atoms with Crippen LogP contribution in [0, 0.1) is 0 Å². The number of rotatable bonds is 3. The number of hydrogen-bond donors (Lipinski definition) is 1. The van der Waals surface area contributed by atoms with E-state index in [0.717, 1.165) is 33.9 Å². The normalized spacial score (nSPS) is 12.2. The van der Waals surface area contributed by atoms with Gasteiger partial charge in [-0.3, -0.25) is 4.79 Å². The second kappa shape index (κ2) is 5.77. The molecule has 1 N–H and O–H groups in total. The molecule has 120 valence electrons. The predicted molar refractivity (Wildman–Crippen MR) is 90.6 cm³/mol. The molecule has 0 bridgehead atoms. The lowest BCUT2D eigenvalue weighted by atomic mass is 10.0. The zero-order valence-corrected chi connectivity index (χ0v) is 13.0. The van der Waals surface area contributed by atoms with Crippen molar-refractivity contribution in [3.8, 4) is 39.6 Å². The van der Waals surface area contributed by atoms with Gasteiger partial charge in [0.15, 0.2) is 11.5 Å². The Bertz CT molecular complexity index is 944. The fraction of sp³-hybridized carbons (Fsp3) is 0.105. The van der Waals surface area contributed by atoms with Crippen molar-refractivity contribution >= 4 is 0 Å². The van der Waals surface area contributed by atoms with Gasteiger partial charge in [-0.25, -0.2) is 0 Å². The maximum absolute atomic E-state index is 12.1. The molecule has 0 spiro atoms. The molecule has 0 fully saturated rings. The summed E-state index contributed by atoms with van der Waals surface area (Å²) < 4.78 is 15.9. The van der Waals surface area contributed by atoms with Gasteiger partial charge in [0.05, 0.1) is 7.11 Å². The number of benzene rings is 2. The highest BCUT2D eigenvalue weighted by Crippen LogP contribution is 2.36. The van der Waals surface area contributed by atoms with E-state index in [-0.39, 0.29) is 12.4 Å². The SMILES string of the molecule is COc1ccc(-c2cc(-c3ccc4c(c3)OCO4)cc(=O)[nH]2)cc1. The maximum atomic E-state index is 12.1. The van der Waals surface area contributed by atoms with Crippen molar-refractivity contribution in [1.29, 1.82) is 0 Å². The van der Waals surface area contributed by atoms with Crippen LogP contribution in [0.5, 0.6) is 17.2 Å². The first-order chi connectivity index (χ1) is 11.7. The molecule has 0 amide bonds. The fourth-order valence-corrected chi connectivity index (χ4v) is 2.71. The molecule has 0 aliphatic carbocycles. The van der Waals surface area contributed by atoms with Gasteiger partial charge in [-0.15, -0.1) is 0 Å². The van der Waals surface area contributed by atoms with E-state index in [2.05, 4.69) is 4.98 Å². The molecule has 0 saturated heterocycles. The first kappa shape index (κ1) is 14.4. The number of ether oxygens (including phenoxy) is 3. The van der Waals surface area contributed by atoms with Gasteiger partial charge in [-0.1, -0.05) is 6.07 Å². The zero-order chi connectivity index (χ0) is 16.5. The van der Waals surface area contributed by atoms with Crippen LogP contribution >= 0.6 is 0 Å². The predicted octanol–water partition coefficient (Wildman–Crippen LogP) is 3.45. The van der Waals surface area contributed by atoms with E-state index >= 15 is 0 Å². The van der Waals surface area contributed by atoms with E-state index in [0.29, 0.717) is 5.75 Å². The molecule has 3 aromatic rings. The lowest BCUT2D eigenvalue weighted by Crippen LogP contribution is -2.05. The van der Waals surface area contributed by atoms with E-state index < -0.39 is 0 Å².